The van der Waals surface area contributed by atoms with Crippen LogP contribution < -0.4 is 16.2 Å². The van der Waals surface area contributed by atoms with Crippen LogP contribution in [0.4, 0.5) is 5.69 Å². The van der Waals surface area contributed by atoms with E-state index in [2.05, 4.69) is 10.6 Å². The fourth-order valence-electron chi connectivity index (χ4n) is 3.20. The lowest BCUT2D eigenvalue weighted by Gasteiger charge is -2.19. The summed E-state index contributed by atoms with van der Waals surface area (Å²) in [6.07, 6.45) is 4.93. The molecule has 19 heavy (non-hydrogen) atoms. The maximum absolute atomic E-state index is 12.3. The van der Waals surface area contributed by atoms with Gasteiger partial charge in [-0.3, -0.25) is 9.59 Å². The van der Waals surface area contributed by atoms with Crippen molar-refractivity contribution in [3.8, 4) is 0 Å². The van der Waals surface area contributed by atoms with Gasteiger partial charge in [0.25, 0.3) is 5.56 Å². The van der Waals surface area contributed by atoms with Crippen LogP contribution in [-0.4, -0.2) is 22.6 Å². The SMILES string of the molecule is CCn1cc(NC(=O)C2CC3CCC2N3)ccc1=O. The minimum atomic E-state index is -0.0397. The number of hydrogen-bond acceptors (Lipinski definition) is 3. The summed E-state index contributed by atoms with van der Waals surface area (Å²) < 4.78 is 1.59. The van der Waals surface area contributed by atoms with Crippen LogP contribution in [0.15, 0.2) is 23.1 Å². The Balaban J connectivity index is 1.71. The minimum Gasteiger partial charge on any atom is -0.324 e. The third-order valence-electron chi connectivity index (χ3n) is 4.23. The molecule has 0 spiro atoms. The van der Waals surface area contributed by atoms with E-state index in [4.69, 9.17) is 0 Å². The third kappa shape index (κ3) is 2.30. The molecule has 0 radical (unpaired) electrons. The summed E-state index contributed by atoms with van der Waals surface area (Å²) in [6.45, 7) is 2.52. The summed E-state index contributed by atoms with van der Waals surface area (Å²) in [6, 6.07) is 4.03. The smallest absolute Gasteiger partial charge is 0.250 e. The molecular weight excluding hydrogens is 242 g/mol. The van der Waals surface area contributed by atoms with Crippen molar-refractivity contribution in [2.45, 2.75) is 44.8 Å². The van der Waals surface area contributed by atoms with E-state index in [1.54, 1.807) is 16.8 Å². The molecule has 5 heteroatoms. The molecule has 0 saturated carbocycles. The van der Waals surface area contributed by atoms with E-state index in [0.717, 1.165) is 12.8 Å². The fourth-order valence-corrected chi connectivity index (χ4v) is 3.20. The molecule has 2 N–H and O–H groups in total. The Morgan fingerprint density at radius 1 is 1.47 bits per heavy atom. The average molecular weight is 261 g/mol. The topological polar surface area (TPSA) is 63.1 Å². The highest BCUT2D eigenvalue weighted by Crippen LogP contribution is 2.33. The molecule has 2 bridgehead atoms. The van der Waals surface area contributed by atoms with Gasteiger partial charge in [-0.05, 0) is 32.3 Å². The van der Waals surface area contributed by atoms with E-state index >= 15 is 0 Å². The van der Waals surface area contributed by atoms with Crippen molar-refractivity contribution >= 4 is 11.6 Å². The monoisotopic (exact) mass is 261 g/mol. The molecule has 2 fully saturated rings. The predicted octanol–water partition coefficient (Wildman–Crippen LogP) is 0.947. The minimum absolute atomic E-state index is 0.0397. The molecule has 2 saturated heterocycles. The number of nitrogens with zero attached hydrogens (tertiary/aromatic N) is 1. The molecular formula is C14H19N3O2. The Labute approximate surface area is 112 Å². The van der Waals surface area contributed by atoms with Gasteiger partial charge in [0.15, 0.2) is 0 Å². The van der Waals surface area contributed by atoms with Gasteiger partial charge in [-0.2, -0.15) is 0 Å². The molecule has 1 aromatic heterocycles. The van der Waals surface area contributed by atoms with Crippen molar-refractivity contribution < 1.29 is 4.79 Å². The predicted molar refractivity (Wildman–Crippen MR) is 73.1 cm³/mol. The second-order valence-corrected chi connectivity index (χ2v) is 5.42. The van der Waals surface area contributed by atoms with Gasteiger partial charge in [-0.1, -0.05) is 0 Å². The molecule has 5 nitrogen and oxygen atoms in total. The summed E-state index contributed by atoms with van der Waals surface area (Å²) >= 11 is 0. The number of aryl methyl sites for hydroxylation is 1. The zero-order valence-electron chi connectivity index (χ0n) is 11.1. The second-order valence-electron chi connectivity index (χ2n) is 5.42. The molecule has 0 aliphatic carbocycles. The van der Waals surface area contributed by atoms with Gasteiger partial charge in [-0.25, -0.2) is 0 Å². The number of fused-ring (bicyclic) bond motifs is 2. The molecule has 0 aromatic carbocycles. The first-order chi connectivity index (χ1) is 9.17. The first-order valence-electron chi connectivity index (χ1n) is 6.95. The van der Waals surface area contributed by atoms with E-state index in [1.165, 1.54) is 12.5 Å². The van der Waals surface area contributed by atoms with Crippen LogP contribution in [0.2, 0.25) is 0 Å². The maximum Gasteiger partial charge on any atom is 0.250 e. The van der Waals surface area contributed by atoms with Gasteiger partial charge in [0.2, 0.25) is 5.91 Å². The summed E-state index contributed by atoms with van der Waals surface area (Å²) in [7, 11) is 0. The van der Waals surface area contributed by atoms with E-state index in [1.807, 2.05) is 6.92 Å². The maximum atomic E-state index is 12.3. The molecule has 2 aliphatic rings. The van der Waals surface area contributed by atoms with Gasteiger partial charge < -0.3 is 15.2 Å². The average Bonchev–Trinajstić information content (AvgIpc) is 3.03. The van der Waals surface area contributed by atoms with Crippen LogP contribution in [0, 0.1) is 5.92 Å². The van der Waals surface area contributed by atoms with Crippen LogP contribution in [0.25, 0.3) is 0 Å². The van der Waals surface area contributed by atoms with E-state index in [9.17, 15) is 9.59 Å². The molecule has 3 heterocycles. The summed E-state index contributed by atoms with van der Waals surface area (Å²) in [5.74, 6) is 0.141. The van der Waals surface area contributed by atoms with Crippen LogP contribution in [0.3, 0.4) is 0 Å². The van der Waals surface area contributed by atoms with Crippen LogP contribution in [0.5, 0.6) is 0 Å². The van der Waals surface area contributed by atoms with Crippen molar-refractivity contribution in [3.05, 3.63) is 28.7 Å². The lowest BCUT2D eigenvalue weighted by molar-refractivity contribution is -0.120. The summed E-state index contributed by atoms with van der Waals surface area (Å²) in [5.41, 5.74) is 0.663. The molecule has 1 amide bonds. The first kappa shape index (κ1) is 12.4. The van der Waals surface area contributed by atoms with E-state index in [0.29, 0.717) is 24.3 Å². The zero-order valence-corrected chi connectivity index (χ0v) is 11.1. The van der Waals surface area contributed by atoms with E-state index in [-0.39, 0.29) is 17.4 Å². The number of aromatic nitrogens is 1. The third-order valence-corrected chi connectivity index (χ3v) is 4.23. The molecule has 3 unspecified atom stereocenters. The first-order valence-corrected chi connectivity index (χ1v) is 6.95. The fraction of sp³-hybridized carbons (Fsp3) is 0.571. The van der Waals surface area contributed by atoms with Gasteiger partial charge >= 0.3 is 0 Å². The Kier molecular flexibility index (Phi) is 3.14. The molecule has 3 rings (SSSR count). The molecule has 2 aliphatic heterocycles. The van der Waals surface area contributed by atoms with Crippen molar-refractivity contribution in [3.63, 3.8) is 0 Å². The molecule has 3 atom stereocenters. The number of rotatable bonds is 3. The zero-order chi connectivity index (χ0) is 13.4. The Hall–Kier alpha value is -1.62. The van der Waals surface area contributed by atoms with Gasteiger partial charge in [0, 0.05) is 30.9 Å². The number of anilines is 1. The lowest BCUT2D eigenvalue weighted by Crippen LogP contribution is -2.33. The number of carbonyl (C=O) groups is 1. The van der Waals surface area contributed by atoms with Gasteiger partial charge in [0.1, 0.15) is 0 Å². The van der Waals surface area contributed by atoms with Crippen molar-refractivity contribution in [2.75, 3.05) is 5.32 Å². The van der Waals surface area contributed by atoms with Crippen molar-refractivity contribution in [2.24, 2.45) is 5.92 Å². The standard InChI is InChI=1S/C14H19N3O2/c1-2-17-8-10(4-6-13(17)18)16-14(19)11-7-9-3-5-12(11)15-9/h4,6,8-9,11-12,15H,2-3,5,7H2,1H3,(H,16,19). The van der Waals surface area contributed by atoms with Gasteiger partial charge in [-0.15, -0.1) is 0 Å². The highest BCUT2D eigenvalue weighted by atomic mass is 16.2. The van der Waals surface area contributed by atoms with Crippen LogP contribution >= 0.6 is 0 Å². The quantitative estimate of drug-likeness (QED) is 0.851. The molecule has 102 valence electrons. The highest BCUT2D eigenvalue weighted by molar-refractivity contribution is 5.93. The van der Waals surface area contributed by atoms with Gasteiger partial charge in [0.05, 0.1) is 11.6 Å². The lowest BCUT2D eigenvalue weighted by atomic mass is 9.88. The van der Waals surface area contributed by atoms with Crippen molar-refractivity contribution in [1.29, 1.82) is 0 Å². The number of carbonyl (C=O) groups excluding carboxylic acids is 1. The highest BCUT2D eigenvalue weighted by Gasteiger charge is 2.42. The van der Waals surface area contributed by atoms with Crippen LogP contribution in [0.1, 0.15) is 26.2 Å². The number of hydrogen-bond donors (Lipinski definition) is 2. The second kappa shape index (κ2) is 4.81. The normalized spacial score (nSPS) is 28.6. The van der Waals surface area contributed by atoms with E-state index < -0.39 is 0 Å². The Morgan fingerprint density at radius 3 is 2.95 bits per heavy atom. The van der Waals surface area contributed by atoms with Crippen LogP contribution in [-0.2, 0) is 11.3 Å². The molecule has 1 aromatic rings. The number of pyridine rings is 1. The largest absolute Gasteiger partial charge is 0.324 e. The summed E-state index contributed by atoms with van der Waals surface area (Å²) in [4.78, 5) is 23.7. The van der Waals surface area contributed by atoms with Crippen molar-refractivity contribution in [1.82, 2.24) is 9.88 Å². The summed E-state index contributed by atoms with van der Waals surface area (Å²) in [5, 5.41) is 6.39. The Morgan fingerprint density at radius 2 is 2.32 bits per heavy atom. The Bertz CT molecular complexity index is 552. The number of amides is 1. The number of nitrogens with one attached hydrogen (secondary N) is 2.